The lowest BCUT2D eigenvalue weighted by atomic mass is 10.2. The van der Waals surface area contributed by atoms with Crippen LogP contribution in [0.25, 0.3) is 0 Å². The highest BCUT2D eigenvalue weighted by Gasteiger charge is 2.17. The molecular formula is C13H22BrN2P. The van der Waals surface area contributed by atoms with E-state index in [1.165, 1.54) is 23.0 Å². The Morgan fingerprint density at radius 2 is 1.88 bits per heavy atom. The summed E-state index contributed by atoms with van der Waals surface area (Å²) in [6, 6.07) is 6.68. The minimum atomic E-state index is -0.408. The average molecular weight is 317 g/mol. The van der Waals surface area contributed by atoms with Crippen molar-refractivity contribution in [1.82, 2.24) is 4.67 Å². The molecule has 0 radical (unpaired) electrons. The van der Waals surface area contributed by atoms with Crippen molar-refractivity contribution in [2.45, 2.75) is 20.3 Å². The molecule has 0 amide bonds. The second kappa shape index (κ2) is 6.72. The molecule has 0 spiro atoms. The van der Waals surface area contributed by atoms with Crippen molar-refractivity contribution in [2.75, 3.05) is 32.6 Å². The zero-order chi connectivity index (χ0) is 13.0. The van der Waals surface area contributed by atoms with Crippen molar-refractivity contribution in [2.24, 2.45) is 0 Å². The van der Waals surface area contributed by atoms with E-state index in [-0.39, 0.29) is 0 Å². The lowest BCUT2D eigenvalue weighted by molar-refractivity contribution is 0.552. The number of aryl methyl sites for hydroxylation is 1. The lowest BCUT2D eigenvalue weighted by Gasteiger charge is -2.27. The molecular weight excluding hydrogens is 295 g/mol. The zero-order valence-corrected chi connectivity index (χ0v) is 13.8. The summed E-state index contributed by atoms with van der Waals surface area (Å²) < 4.78 is 2.40. The van der Waals surface area contributed by atoms with Gasteiger partial charge in [-0.15, -0.1) is 0 Å². The lowest BCUT2D eigenvalue weighted by Crippen LogP contribution is -2.22. The van der Waals surface area contributed by atoms with Crippen LogP contribution in [0.2, 0.25) is 0 Å². The van der Waals surface area contributed by atoms with E-state index in [1.54, 1.807) is 0 Å². The monoisotopic (exact) mass is 316 g/mol. The van der Waals surface area contributed by atoms with Crippen LogP contribution in [0.5, 0.6) is 0 Å². The van der Waals surface area contributed by atoms with E-state index < -0.39 is 6.77 Å². The minimum Gasteiger partial charge on any atom is -0.377 e. The Hall–Kier alpha value is -0.110. The van der Waals surface area contributed by atoms with Gasteiger partial charge in [-0.05, 0) is 48.0 Å². The highest BCUT2D eigenvalue weighted by molar-refractivity contribution is 9.39. The molecule has 1 aromatic carbocycles. The van der Waals surface area contributed by atoms with Crippen LogP contribution in [-0.4, -0.2) is 32.4 Å². The number of hydrogen-bond acceptors (Lipinski definition) is 2. The number of rotatable bonds is 5. The first-order valence-electron chi connectivity index (χ1n) is 5.92. The molecule has 0 aliphatic rings. The van der Waals surface area contributed by atoms with Gasteiger partial charge in [-0.25, -0.2) is 0 Å². The van der Waals surface area contributed by atoms with Crippen LogP contribution in [0.1, 0.15) is 18.9 Å². The minimum absolute atomic E-state index is 0.408. The van der Waals surface area contributed by atoms with Crippen LogP contribution in [0.15, 0.2) is 18.2 Å². The molecule has 1 aromatic rings. The van der Waals surface area contributed by atoms with Crippen molar-refractivity contribution >= 4 is 33.3 Å². The maximum atomic E-state index is 3.87. The van der Waals surface area contributed by atoms with Gasteiger partial charge < -0.3 is 4.90 Å². The molecule has 96 valence electrons. The molecule has 17 heavy (non-hydrogen) atoms. The molecule has 0 fully saturated rings. The Kier molecular flexibility index (Phi) is 5.91. The second-order valence-electron chi connectivity index (χ2n) is 4.53. The van der Waals surface area contributed by atoms with Crippen LogP contribution in [0, 0.1) is 6.92 Å². The molecule has 1 unspecified atom stereocenters. The number of hydrogen-bond donors (Lipinski definition) is 0. The molecule has 0 saturated heterocycles. The van der Waals surface area contributed by atoms with Crippen molar-refractivity contribution < 1.29 is 0 Å². The Morgan fingerprint density at radius 3 is 2.41 bits per heavy atom. The van der Waals surface area contributed by atoms with E-state index >= 15 is 0 Å². The van der Waals surface area contributed by atoms with E-state index in [9.17, 15) is 0 Å². The molecule has 0 bridgehead atoms. The van der Waals surface area contributed by atoms with Crippen molar-refractivity contribution in [3.63, 3.8) is 0 Å². The van der Waals surface area contributed by atoms with E-state index in [2.05, 4.69) is 78.2 Å². The standard InChI is InChI=1S/C13H22BrN2P/c1-6-9-16(5)17(14)13-10-11(2)7-8-12(13)15(3)4/h7-8,10H,6,9H2,1-5H3. The van der Waals surface area contributed by atoms with Gasteiger partial charge >= 0.3 is 0 Å². The predicted molar refractivity (Wildman–Crippen MR) is 83.9 cm³/mol. The number of benzene rings is 1. The number of halogens is 1. The summed E-state index contributed by atoms with van der Waals surface area (Å²) in [4.78, 5) is 2.19. The molecule has 1 rings (SSSR count). The highest BCUT2D eigenvalue weighted by Crippen LogP contribution is 2.48. The third-order valence-corrected chi connectivity index (χ3v) is 6.98. The third kappa shape index (κ3) is 3.94. The zero-order valence-electron chi connectivity index (χ0n) is 11.4. The van der Waals surface area contributed by atoms with Gasteiger partial charge in [0.2, 0.25) is 0 Å². The van der Waals surface area contributed by atoms with E-state index in [0.29, 0.717) is 0 Å². The summed E-state index contributed by atoms with van der Waals surface area (Å²) in [6.45, 7) is 5.08. The molecule has 4 heteroatoms. The Bertz CT molecular complexity index is 368. The molecule has 0 saturated carbocycles. The van der Waals surface area contributed by atoms with Gasteiger partial charge in [-0.3, -0.25) is 4.67 Å². The van der Waals surface area contributed by atoms with Crippen molar-refractivity contribution in [1.29, 1.82) is 0 Å². The molecule has 1 atom stereocenters. The van der Waals surface area contributed by atoms with Gasteiger partial charge in [0, 0.05) is 31.6 Å². The number of nitrogens with zero attached hydrogens (tertiary/aromatic N) is 2. The highest BCUT2D eigenvalue weighted by atomic mass is 79.9. The summed E-state index contributed by atoms with van der Waals surface area (Å²) in [7, 11) is 6.39. The average Bonchev–Trinajstić information content (AvgIpc) is 2.27. The normalized spacial score (nSPS) is 12.9. The third-order valence-electron chi connectivity index (χ3n) is 2.66. The van der Waals surface area contributed by atoms with Gasteiger partial charge in [-0.2, -0.15) is 0 Å². The maximum Gasteiger partial charge on any atom is 0.0699 e. The summed E-state index contributed by atoms with van der Waals surface area (Å²) in [6.07, 6.45) is 1.18. The topological polar surface area (TPSA) is 6.48 Å². The largest absolute Gasteiger partial charge is 0.377 e. The van der Waals surface area contributed by atoms with Gasteiger partial charge in [0.25, 0.3) is 0 Å². The van der Waals surface area contributed by atoms with Gasteiger partial charge in [0.05, 0.1) is 6.77 Å². The Balaban J connectivity index is 3.05. The fraction of sp³-hybridized carbons (Fsp3) is 0.538. The van der Waals surface area contributed by atoms with E-state index in [4.69, 9.17) is 0 Å². The summed E-state index contributed by atoms with van der Waals surface area (Å²) in [5, 5.41) is 1.40. The van der Waals surface area contributed by atoms with Crippen LogP contribution in [0.3, 0.4) is 0 Å². The fourth-order valence-electron chi connectivity index (χ4n) is 1.75. The van der Waals surface area contributed by atoms with Gasteiger partial charge in [0.15, 0.2) is 0 Å². The first-order chi connectivity index (χ1) is 7.97. The van der Waals surface area contributed by atoms with E-state index in [1.807, 2.05) is 0 Å². The fourth-order valence-corrected chi connectivity index (χ4v) is 4.60. The van der Waals surface area contributed by atoms with Crippen LogP contribution >= 0.6 is 22.3 Å². The summed E-state index contributed by atoms with van der Waals surface area (Å²) in [5.41, 5.74) is 2.63. The summed E-state index contributed by atoms with van der Waals surface area (Å²) in [5.74, 6) is 0. The molecule has 0 N–H and O–H groups in total. The Morgan fingerprint density at radius 1 is 1.24 bits per heavy atom. The molecule has 0 aromatic heterocycles. The molecule has 0 heterocycles. The second-order valence-corrected chi connectivity index (χ2v) is 8.23. The van der Waals surface area contributed by atoms with Crippen LogP contribution in [-0.2, 0) is 0 Å². The van der Waals surface area contributed by atoms with Crippen LogP contribution in [0.4, 0.5) is 5.69 Å². The van der Waals surface area contributed by atoms with Crippen LogP contribution < -0.4 is 10.2 Å². The predicted octanol–water partition coefficient (Wildman–Crippen LogP) is 3.73. The first-order valence-corrected chi connectivity index (χ1v) is 9.23. The Labute approximate surface area is 115 Å². The summed E-state index contributed by atoms with van der Waals surface area (Å²) >= 11 is 3.87. The molecule has 0 aliphatic carbocycles. The number of anilines is 1. The van der Waals surface area contributed by atoms with Crippen molar-refractivity contribution in [3.05, 3.63) is 23.8 Å². The molecule has 2 nitrogen and oxygen atoms in total. The smallest absolute Gasteiger partial charge is 0.0699 e. The maximum absolute atomic E-state index is 3.87. The SMILES string of the molecule is CCCN(C)P(Br)c1cc(C)ccc1N(C)C. The van der Waals surface area contributed by atoms with E-state index in [0.717, 1.165) is 6.54 Å². The van der Waals surface area contributed by atoms with Crippen molar-refractivity contribution in [3.8, 4) is 0 Å². The first kappa shape index (κ1) is 14.9. The van der Waals surface area contributed by atoms with Gasteiger partial charge in [0.1, 0.15) is 0 Å². The van der Waals surface area contributed by atoms with Gasteiger partial charge in [-0.1, -0.05) is 18.6 Å². The molecule has 0 aliphatic heterocycles. The quantitative estimate of drug-likeness (QED) is 0.764.